The second-order valence-electron chi connectivity index (χ2n) is 15.7. The van der Waals surface area contributed by atoms with Gasteiger partial charge in [0, 0.05) is 17.4 Å². The summed E-state index contributed by atoms with van der Waals surface area (Å²) in [5.41, 5.74) is 12.0. The summed E-state index contributed by atoms with van der Waals surface area (Å²) in [5.74, 6) is 1.87. The van der Waals surface area contributed by atoms with Crippen LogP contribution in [0.2, 0.25) is 0 Å². The molecule has 5 nitrogen and oxygen atoms in total. The predicted molar refractivity (Wildman–Crippen MR) is 203 cm³/mol. The molecule has 2 aliphatic heterocycles. The largest absolute Gasteiger partial charge is 2.00 e. The van der Waals surface area contributed by atoms with Gasteiger partial charge in [-0.05, 0) is 77.1 Å². The molecular weight excluding hydrogens is 796 g/mol. The standard InChI is InChI=1S/C44H44N4O.Pt/c1-26(2)29-19-30(42-46-28(4)25-49-42)21-32(20-29)47-38-13-11-10-12-35(38)44(8,9)36-23-34-33-18-27(3)14-15-37(33)48(39(34)24-40(36)47)41-22-31(16-17-45-41)43(5,6)7;/h10-20,22-23,26,28H,25H2,1-9H3;/q-2;+2/t28-;/m1./s1. The molecule has 50 heavy (non-hydrogen) atoms. The van der Waals surface area contributed by atoms with Gasteiger partial charge >= 0.3 is 21.1 Å². The van der Waals surface area contributed by atoms with E-state index in [4.69, 9.17) is 14.7 Å². The molecule has 256 valence electrons. The van der Waals surface area contributed by atoms with Gasteiger partial charge in [0.05, 0.1) is 12.6 Å². The number of para-hydroxylation sites is 1. The van der Waals surface area contributed by atoms with Crippen LogP contribution in [0.5, 0.6) is 0 Å². The first kappa shape index (κ1) is 34.2. The average Bonchev–Trinajstić information content (AvgIpc) is 3.64. The van der Waals surface area contributed by atoms with Gasteiger partial charge in [0.15, 0.2) is 0 Å². The summed E-state index contributed by atoms with van der Waals surface area (Å²) in [6.07, 6.45) is 1.94. The van der Waals surface area contributed by atoms with E-state index in [-0.39, 0.29) is 37.9 Å². The van der Waals surface area contributed by atoms with Crippen LogP contribution in [0.15, 0.2) is 84.0 Å². The molecule has 6 aromatic rings. The molecule has 0 spiro atoms. The van der Waals surface area contributed by atoms with Crippen LogP contribution in [-0.2, 0) is 36.6 Å². The molecular formula is C44H44N4OPt. The van der Waals surface area contributed by atoms with Crippen LogP contribution in [-0.4, -0.2) is 28.1 Å². The fraction of sp³-hybridized carbons (Fsp3) is 0.318. The van der Waals surface area contributed by atoms with E-state index in [1.54, 1.807) is 0 Å². The zero-order valence-corrected chi connectivity index (χ0v) is 32.7. The van der Waals surface area contributed by atoms with Crippen molar-refractivity contribution in [2.45, 2.75) is 85.1 Å². The molecule has 2 aromatic heterocycles. The van der Waals surface area contributed by atoms with Gasteiger partial charge in [-0.2, -0.15) is 6.07 Å². The summed E-state index contributed by atoms with van der Waals surface area (Å²) in [4.78, 5) is 12.1. The maximum Gasteiger partial charge on any atom is 2.00 e. The average molecular weight is 840 g/mol. The molecule has 0 radical (unpaired) electrons. The van der Waals surface area contributed by atoms with Gasteiger partial charge in [0.1, 0.15) is 11.7 Å². The SMILES string of the molecule is Cc1ccc2c(c1)c1cc3c([c-]c1n2-c1cc(C(C)(C)C)ccn1)N(c1[c-]c(C2=N[C@H](C)CO2)cc(C(C)C)c1)c1ccccc1C3(C)C.[Pt+2]. The summed E-state index contributed by atoms with van der Waals surface area (Å²) >= 11 is 0. The summed E-state index contributed by atoms with van der Waals surface area (Å²) in [7, 11) is 0. The number of aliphatic imine (C=N–C) groups is 1. The number of nitrogens with zero attached hydrogens (tertiary/aromatic N) is 4. The Balaban J connectivity index is 0.00000392. The van der Waals surface area contributed by atoms with Crippen molar-refractivity contribution in [2.75, 3.05) is 11.5 Å². The fourth-order valence-corrected chi connectivity index (χ4v) is 7.47. The number of ether oxygens (including phenoxy) is 1. The van der Waals surface area contributed by atoms with Crippen LogP contribution in [0.3, 0.4) is 0 Å². The first-order valence-corrected chi connectivity index (χ1v) is 17.5. The van der Waals surface area contributed by atoms with E-state index in [1.807, 2.05) is 6.20 Å². The third-order valence-electron chi connectivity index (χ3n) is 10.3. The van der Waals surface area contributed by atoms with Gasteiger partial charge in [0.25, 0.3) is 0 Å². The van der Waals surface area contributed by atoms with Crippen molar-refractivity contribution in [3.8, 4) is 5.82 Å². The van der Waals surface area contributed by atoms with E-state index < -0.39 is 0 Å². The molecule has 8 rings (SSSR count). The van der Waals surface area contributed by atoms with Crippen LogP contribution in [0.4, 0.5) is 17.1 Å². The Bertz CT molecular complexity index is 2320. The second-order valence-corrected chi connectivity index (χ2v) is 15.7. The maximum absolute atomic E-state index is 6.08. The maximum atomic E-state index is 6.08. The van der Waals surface area contributed by atoms with E-state index in [1.165, 1.54) is 38.6 Å². The Morgan fingerprint density at radius 3 is 2.42 bits per heavy atom. The van der Waals surface area contributed by atoms with Crippen LogP contribution in [0.25, 0.3) is 27.6 Å². The van der Waals surface area contributed by atoms with Crippen molar-refractivity contribution in [1.82, 2.24) is 9.55 Å². The number of anilines is 3. The summed E-state index contributed by atoms with van der Waals surface area (Å²) in [5, 5.41) is 2.38. The molecule has 2 aliphatic rings. The number of aryl methyl sites for hydroxylation is 1. The number of hydrogen-bond donors (Lipinski definition) is 0. The molecule has 4 aromatic carbocycles. The molecule has 0 aliphatic carbocycles. The Kier molecular flexibility index (Phi) is 8.38. The third-order valence-corrected chi connectivity index (χ3v) is 10.3. The van der Waals surface area contributed by atoms with Crippen molar-refractivity contribution in [1.29, 1.82) is 0 Å². The van der Waals surface area contributed by atoms with Gasteiger partial charge in [-0.1, -0.05) is 101 Å². The normalized spacial score (nSPS) is 16.6. The van der Waals surface area contributed by atoms with Gasteiger partial charge in [0.2, 0.25) is 0 Å². The van der Waals surface area contributed by atoms with Crippen molar-refractivity contribution in [2.24, 2.45) is 4.99 Å². The minimum Gasteiger partial charge on any atom is -0.518 e. The predicted octanol–water partition coefficient (Wildman–Crippen LogP) is 10.8. The molecule has 0 N–H and O–H groups in total. The van der Waals surface area contributed by atoms with Gasteiger partial charge in [-0.15, -0.1) is 40.8 Å². The number of rotatable bonds is 4. The van der Waals surface area contributed by atoms with Crippen LogP contribution in [0.1, 0.15) is 94.7 Å². The molecule has 0 unspecified atom stereocenters. The van der Waals surface area contributed by atoms with Crippen LogP contribution in [0, 0.1) is 19.1 Å². The minimum atomic E-state index is -0.275. The Morgan fingerprint density at radius 1 is 0.920 bits per heavy atom. The van der Waals surface area contributed by atoms with E-state index in [0.717, 1.165) is 39.5 Å². The number of benzene rings is 4. The topological polar surface area (TPSA) is 42.7 Å². The minimum absolute atomic E-state index is 0. The molecule has 0 saturated heterocycles. The van der Waals surface area contributed by atoms with E-state index in [2.05, 4.69) is 157 Å². The zero-order chi connectivity index (χ0) is 34.4. The van der Waals surface area contributed by atoms with Crippen molar-refractivity contribution >= 4 is 44.8 Å². The molecule has 0 saturated carbocycles. The Hall–Kier alpha value is -4.21. The van der Waals surface area contributed by atoms with Gasteiger partial charge in [-0.25, -0.2) is 4.98 Å². The third kappa shape index (κ3) is 5.49. The molecule has 0 bridgehead atoms. The molecule has 4 heterocycles. The number of aromatic nitrogens is 2. The fourth-order valence-electron chi connectivity index (χ4n) is 7.47. The van der Waals surface area contributed by atoms with E-state index in [0.29, 0.717) is 18.4 Å². The quantitative estimate of drug-likeness (QED) is 0.166. The number of hydrogen-bond acceptors (Lipinski definition) is 4. The second kappa shape index (κ2) is 12.2. The number of pyridine rings is 1. The van der Waals surface area contributed by atoms with Crippen molar-refractivity contribution in [3.05, 3.63) is 125 Å². The molecule has 0 amide bonds. The molecule has 0 fully saturated rings. The monoisotopic (exact) mass is 839 g/mol. The zero-order valence-electron chi connectivity index (χ0n) is 30.4. The van der Waals surface area contributed by atoms with E-state index in [9.17, 15) is 0 Å². The molecule has 1 atom stereocenters. The van der Waals surface area contributed by atoms with E-state index >= 15 is 0 Å². The summed E-state index contributed by atoms with van der Waals surface area (Å²) in [6, 6.07) is 34.7. The summed E-state index contributed by atoms with van der Waals surface area (Å²) in [6.45, 7) is 20.7. The van der Waals surface area contributed by atoms with Crippen LogP contribution >= 0.6 is 0 Å². The summed E-state index contributed by atoms with van der Waals surface area (Å²) < 4.78 is 8.38. The van der Waals surface area contributed by atoms with Crippen LogP contribution < -0.4 is 4.90 Å². The first-order valence-electron chi connectivity index (χ1n) is 17.5. The van der Waals surface area contributed by atoms with Crippen molar-refractivity contribution < 1.29 is 25.8 Å². The van der Waals surface area contributed by atoms with Crippen molar-refractivity contribution in [3.63, 3.8) is 0 Å². The number of fused-ring (bicyclic) bond motifs is 5. The Morgan fingerprint density at radius 2 is 1.70 bits per heavy atom. The molecule has 6 heteroatoms. The smallest absolute Gasteiger partial charge is 0.518 e. The van der Waals surface area contributed by atoms with Gasteiger partial charge in [-0.3, -0.25) is 4.99 Å². The first-order chi connectivity index (χ1) is 23.3. The van der Waals surface area contributed by atoms with Gasteiger partial charge < -0.3 is 14.2 Å². The Labute approximate surface area is 310 Å².